The largest absolute Gasteiger partial charge is 0.381 e. The Balaban J connectivity index is 1.58. The fraction of sp³-hybridized carbons (Fsp3) is 0.733. The molecule has 6 nitrogen and oxygen atoms in total. The second-order valence-electron chi connectivity index (χ2n) is 6.40. The van der Waals surface area contributed by atoms with E-state index in [1.54, 1.807) is 17.1 Å². The van der Waals surface area contributed by atoms with Crippen molar-refractivity contribution in [3.63, 3.8) is 0 Å². The molecule has 2 aliphatic heterocycles. The molecule has 3 heterocycles. The smallest absolute Gasteiger partial charge is 0.257 e. The molecule has 21 heavy (non-hydrogen) atoms. The van der Waals surface area contributed by atoms with Crippen LogP contribution < -0.4 is 0 Å². The van der Waals surface area contributed by atoms with Gasteiger partial charge in [0.2, 0.25) is 0 Å². The van der Waals surface area contributed by atoms with E-state index in [-0.39, 0.29) is 11.4 Å². The maximum absolute atomic E-state index is 12.4. The van der Waals surface area contributed by atoms with Crippen LogP contribution in [0, 0.1) is 5.92 Å². The lowest BCUT2D eigenvalue weighted by atomic mass is 9.84. The lowest BCUT2D eigenvalue weighted by Crippen LogP contribution is -2.68. The van der Waals surface area contributed by atoms with E-state index >= 15 is 0 Å². The monoisotopic (exact) mass is 292 g/mol. The highest BCUT2D eigenvalue weighted by Gasteiger charge is 2.53. The van der Waals surface area contributed by atoms with Gasteiger partial charge in [-0.05, 0) is 26.3 Å². The molecule has 3 rings (SSSR count). The predicted molar refractivity (Wildman–Crippen MR) is 79.1 cm³/mol. The summed E-state index contributed by atoms with van der Waals surface area (Å²) in [6.45, 7) is 6.35. The third-order valence-electron chi connectivity index (χ3n) is 4.78. The minimum absolute atomic E-state index is 0.0929. The molecule has 2 fully saturated rings. The van der Waals surface area contributed by atoms with E-state index in [9.17, 15) is 4.79 Å². The van der Waals surface area contributed by atoms with Crippen molar-refractivity contribution >= 4 is 5.91 Å². The van der Waals surface area contributed by atoms with E-state index < -0.39 is 0 Å². The van der Waals surface area contributed by atoms with Crippen molar-refractivity contribution in [3.8, 4) is 0 Å². The van der Waals surface area contributed by atoms with E-state index in [0.29, 0.717) is 11.5 Å². The van der Waals surface area contributed by atoms with Gasteiger partial charge in [0, 0.05) is 39.5 Å². The molecule has 6 heteroatoms. The number of carbonyl (C=O) groups is 1. The number of amides is 1. The summed E-state index contributed by atoms with van der Waals surface area (Å²) in [7, 11) is 4.00. The van der Waals surface area contributed by atoms with Crippen LogP contribution in [-0.2, 0) is 11.8 Å². The van der Waals surface area contributed by atoms with E-state index in [2.05, 4.69) is 17.0 Å². The first-order chi connectivity index (χ1) is 10.0. The van der Waals surface area contributed by atoms with Crippen molar-refractivity contribution < 1.29 is 9.53 Å². The maximum Gasteiger partial charge on any atom is 0.257 e. The molecule has 2 saturated heterocycles. The van der Waals surface area contributed by atoms with Crippen molar-refractivity contribution in [2.24, 2.45) is 13.0 Å². The number of hydrogen-bond donors (Lipinski definition) is 0. The van der Waals surface area contributed by atoms with Crippen LogP contribution in [0.2, 0.25) is 0 Å². The van der Waals surface area contributed by atoms with Crippen LogP contribution in [0.5, 0.6) is 0 Å². The highest BCUT2D eigenvalue weighted by Crippen LogP contribution is 2.39. The van der Waals surface area contributed by atoms with Gasteiger partial charge in [0.05, 0.1) is 23.9 Å². The molecule has 116 valence electrons. The van der Waals surface area contributed by atoms with Gasteiger partial charge in [0.15, 0.2) is 0 Å². The van der Waals surface area contributed by atoms with Crippen LogP contribution in [0.4, 0.5) is 0 Å². The predicted octanol–water partition coefficient (Wildman–Crippen LogP) is 0.603. The first-order valence-electron chi connectivity index (χ1n) is 7.61. The highest BCUT2D eigenvalue weighted by atomic mass is 16.5. The summed E-state index contributed by atoms with van der Waals surface area (Å²) in [6.07, 6.45) is 4.55. The molecule has 0 bridgehead atoms. The number of carbonyl (C=O) groups excluding carboxylic acids is 1. The number of aryl methyl sites for hydroxylation is 1. The third kappa shape index (κ3) is 2.58. The molecule has 2 aliphatic rings. The molecule has 1 spiro atoms. The molecule has 0 aliphatic carbocycles. The Hall–Kier alpha value is -1.40. The van der Waals surface area contributed by atoms with Crippen LogP contribution in [0.15, 0.2) is 12.4 Å². The molecular formula is C15H24N4O2. The van der Waals surface area contributed by atoms with E-state index in [0.717, 1.165) is 39.3 Å². The minimum atomic E-state index is 0.0929. The average molecular weight is 292 g/mol. The Labute approximate surface area is 125 Å². The van der Waals surface area contributed by atoms with Crippen molar-refractivity contribution in [3.05, 3.63) is 18.0 Å². The zero-order valence-electron chi connectivity index (χ0n) is 13.1. The van der Waals surface area contributed by atoms with Gasteiger partial charge >= 0.3 is 0 Å². The van der Waals surface area contributed by atoms with Gasteiger partial charge < -0.3 is 9.64 Å². The Morgan fingerprint density at radius 1 is 1.48 bits per heavy atom. The number of rotatable bonds is 4. The molecule has 0 radical (unpaired) electrons. The normalized spacial score (nSPS) is 24.5. The van der Waals surface area contributed by atoms with Crippen molar-refractivity contribution in [2.75, 3.05) is 39.9 Å². The van der Waals surface area contributed by atoms with Gasteiger partial charge in [0.1, 0.15) is 0 Å². The summed E-state index contributed by atoms with van der Waals surface area (Å²) in [5, 5.41) is 4.07. The molecule has 1 amide bonds. The van der Waals surface area contributed by atoms with Gasteiger partial charge in [-0.25, -0.2) is 0 Å². The molecule has 0 N–H and O–H groups in total. The van der Waals surface area contributed by atoms with Crippen LogP contribution in [-0.4, -0.2) is 70.9 Å². The summed E-state index contributed by atoms with van der Waals surface area (Å²) in [6, 6.07) is 0. The minimum Gasteiger partial charge on any atom is -0.381 e. The van der Waals surface area contributed by atoms with Gasteiger partial charge in [-0.2, -0.15) is 5.10 Å². The zero-order valence-corrected chi connectivity index (χ0v) is 13.1. The Kier molecular flexibility index (Phi) is 3.75. The molecule has 0 aromatic carbocycles. The number of likely N-dealkylation sites (N-methyl/N-ethyl adjacent to an activating group) is 1. The van der Waals surface area contributed by atoms with Crippen molar-refractivity contribution in [1.29, 1.82) is 0 Å². The van der Waals surface area contributed by atoms with E-state index in [1.165, 1.54) is 0 Å². The number of likely N-dealkylation sites (tertiary alicyclic amines) is 2. The summed E-state index contributed by atoms with van der Waals surface area (Å²) in [5.41, 5.74) is 0.846. The second kappa shape index (κ2) is 5.42. The van der Waals surface area contributed by atoms with Crippen molar-refractivity contribution in [2.45, 2.75) is 18.9 Å². The molecule has 1 aromatic heterocycles. The summed E-state index contributed by atoms with van der Waals surface area (Å²) in [4.78, 5) is 16.7. The van der Waals surface area contributed by atoms with Gasteiger partial charge in [-0.1, -0.05) is 0 Å². The highest BCUT2D eigenvalue weighted by molar-refractivity contribution is 5.94. The fourth-order valence-electron chi connectivity index (χ4n) is 3.63. The summed E-state index contributed by atoms with van der Waals surface area (Å²) >= 11 is 0. The summed E-state index contributed by atoms with van der Waals surface area (Å²) in [5.74, 6) is 0.681. The Morgan fingerprint density at radius 3 is 2.86 bits per heavy atom. The number of ether oxygens (including phenoxy) is 1. The standard InChI is InChI=1S/C15H24N4O2/c1-4-21-9-12-5-15(17(2)7-12)10-19(11-15)14(20)13-6-16-18(3)8-13/h6,8,12H,4-5,7,9-11H2,1-3H3/t12-/m0/s1. The van der Waals surface area contributed by atoms with E-state index in [1.807, 2.05) is 18.9 Å². The fourth-order valence-corrected chi connectivity index (χ4v) is 3.63. The lowest BCUT2D eigenvalue weighted by molar-refractivity contribution is -0.00794. The average Bonchev–Trinajstić information content (AvgIpc) is 2.98. The Morgan fingerprint density at radius 2 is 2.24 bits per heavy atom. The van der Waals surface area contributed by atoms with Crippen LogP contribution in [0.1, 0.15) is 23.7 Å². The first kappa shape index (κ1) is 14.5. The third-order valence-corrected chi connectivity index (χ3v) is 4.78. The molecule has 1 aromatic rings. The Bertz CT molecular complexity index is 521. The molecular weight excluding hydrogens is 268 g/mol. The summed E-state index contributed by atoms with van der Waals surface area (Å²) < 4.78 is 7.23. The van der Waals surface area contributed by atoms with Gasteiger partial charge in [-0.3, -0.25) is 14.4 Å². The lowest BCUT2D eigenvalue weighted by Gasteiger charge is -2.51. The topological polar surface area (TPSA) is 50.6 Å². The zero-order chi connectivity index (χ0) is 15.0. The van der Waals surface area contributed by atoms with Crippen molar-refractivity contribution in [1.82, 2.24) is 19.6 Å². The van der Waals surface area contributed by atoms with Gasteiger partial charge in [0.25, 0.3) is 5.91 Å². The molecule has 0 saturated carbocycles. The van der Waals surface area contributed by atoms with Gasteiger partial charge in [-0.15, -0.1) is 0 Å². The number of aromatic nitrogens is 2. The molecule has 1 atom stereocenters. The number of nitrogens with zero attached hydrogens (tertiary/aromatic N) is 4. The van der Waals surface area contributed by atoms with Crippen LogP contribution in [0.3, 0.4) is 0 Å². The first-order valence-corrected chi connectivity index (χ1v) is 7.61. The molecule has 0 unspecified atom stereocenters. The maximum atomic E-state index is 12.4. The quantitative estimate of drug-likeness (QED) is 0.815. The van der Waals surface area contributed by atoms with Crippen LogP contribution >= 0.6 is 0 Å². The number of hydrogen-bond acceptors (Lipinski definition) is 4. The second-order valence-corrected chi connectivity index (χ2v) is 6.40. The van der Waals surface area contributed by atoms with Crippen LogP contribution in [0.25, 0.3) is 0 Å². The van der Waals surface area contributed by atoms with E-state index in [4.69, 9.17) is 4.74 Å². The SMILES string of the molecule is CCOC[C@@H]1CN(C)C2(C1)CN(C(=O)c1cnn(C)c1)C2.